The molecule has 0 saturated carbocycles. The lowest BCUT2D eigenvalue weighted by molar-refractivity contribution is -0.125. The van der Waals surface area contributed by atoms with Crippen molar-refractivity contribution in [1.29, 1.82) is 0 Å². The molecule has 3 N–H and O–H groups in total. The molecule has 1 heterocycles. The summed E-state index contributed by atoms with van der Waals surface area (Å²) in [6.45, 7) is 8.85. The van der Waals surface area contributed by atoms with Crippen LogP contribution in [-0.2, 0) is 4.79 Å². The van der Waals surface area contributed by atoms with Crippen molar-refractivity contribution in [3.63, 3.8) is 0 Å². The Hall–Kier alpha value is -0.610. The van der Waals surface area contributed by atoms with Crippen LogP contribution in [0.3, 0.4) is 0 Å². The highest BCUT2D eigenvalue weighted by atomic mass is 16.2. The summed E-state index contributed by atoms with van der Waals surface area (Å²) in [4.78, 5) is 14.0. The van der Waals surface area contributed by atoms with Crippen molar-refractivity contribution in [3.8, 4) is 0 Å². The lowest BCUT2D eigenvalue weighted by Gasteiger charge is -2.23. The quantitative estimate of drug-likeness (QED) is 0.722. The van der Waals surface area contributed by atoms with Crippen molar-refractivity contribution < 1.29 is 4.79 Å². The summed E-state index contributed by atoms with van der Waals surface area (Å²) in [5.41, 5.74) is 5.83. The summed E-state index contributed by atoms with van der Waals surface area (Å²) in [6, 6.07) is 0.201. The summed E-state index contributed by atoms with van der Waals surface area (Å²) in [6.07, 6.45) is 2.04. The van der Waals surface area contributed by atoms with Gasteiger partial charge in [0.1, 0.15) is 0 Å². The van der Waals surface area contributed by atoms with Crippen LogP contribution in [0.15, 0.2) is 0 Å². The number of rotatable bonds is 5. The monoisotopic (exact) mass is 227 g/mol. The van der Waals surface area contributed by atoms with Crippen LogP contribution >= 0.6 is 0 Å². The van der Waals surface area contributed by atoms with Crippen LogP contribution < -0.4 is 11.1 Å². The van der Waals surface area contributed by atoms with E-state index in [1.165, 1.54) is 0 Å². The molecule has 4 heteroatoms. The molecule has 94 valence electrons. The van der Waals surface area contributed by atoms with E-state index in [4.69, 9.17) is 5.73 Å². The van der Waals surface area contributed by atoms with Crippen molar-refractivity contribution in [2.75, 3.05) is 19.6 Å². The van der Waals surface area contributed by atoms with E-state index in [-0.39, 0.29) is 18.0 Å². The molecule has 2 atom stereocenters. The topological polar surface area (TPSA) is 58.4 Å². The molecule has 0 bridgehead atoms. The van der Waals surface area contributed by atoms with Crippen LogP contribution in [0.1, 0.15) is 33.6 Å². The zero-order chi connectivity index (χ0) is 12.1. The standard InChI is InChI=1S/C12H25N3O/c1-9(2)4-6-14-12(16)10(3)15-7-5-11(13)8-15/h9-11H,4-8,13H2,1-3H3,(H,14,16)/t10?,11-/m1/s1. The van der Waals surface area contributed by atoms with Crippen molar-refractivity contribution in [1.82, 2.24) is 10.2 Å². The number of likely N-dealkylation sites (tertiary alicyclic amines) is 1. The van der Waals surface area contributed by atoms with Gasteiger partial charge in [0, 0.05) is 25.7 Å². The Kier molecular flexibility index (Phi) is 5.22. The zero-order valence-electron chi connectivity index (χ0n) is 10.7. The van der Waals surface area contributed by atoms with Crippen molar-refractivity contribution in [2.45, 2.75) is 45.7 Å². The summed E-state index contributed by atoms with van der Waals surface area (Å²) in [7, 11) is 0. The number of amides is 1. The molecule has 1 rings (SSSR count). The first-order valence-corrected chi connectivity index (χ1v) is 6.28. The molecule has 1 unspecified atom stereocenters. The van der Waals surface area contributed by atoms with Crippen molar-refractivity contribution in [3.05, 3.63) is 0 Å². The SMILES string of the molecule is CC(C)CCNC(=O)C(C)N1CC[C@@H](N)C1. The molecule has 1 fully saturated rings. The van der Waals surface area contributed by atoms with E-state index in [9.17, 15) is 4.79 Å². The van der Waals surface area contributed by atoms with E-state index >= 15 is 0 Å². The Labute approximate surface area is 98.6 Å². The summed E-state index contributed by atoms with van der Waals surface area (Å²) in [5.74, 6) is 0.769. The number of hydrogen-bond donors (Lipinski definition) is 2. The van der Waals surface area contributed by atoms with Crippen LogP contribution in [0.5, 0.6) is 0 Å². The molecule has 0 aromatic carbocycles. The number of nitrogens with zero attached hydrogens (tertiary/aromatic N) is 1. The van der Waals surface area contributed by atoms with E-state index < -0.39 is 0 Å². The molecule has 0 aromatic heterocycles. The molecular formula is C12H25N3O. The van der Waals surface area contributed by atoms with Gasteiger partial charge in [-0.25, -0.2) is 0 Å². The second-order valence-electron chi connectivity index (χ2n) is 5.19. The van der Waals surface area contributed by atoms with Crippen molar-refractivity contribution >= 4 is 5.91 Å². The van der Waals surface area contributed by atoms with E-state index in [0.29, 0.717) is 5.92 Å². The lowest BCUT2D eigenvalue weighted by Crippen LogP contribution is -2.45. The molecule has 0 spiro atoms. The first-order chi connectivity index (χ1) is 7.50. The van der Waals surface area contributed by atoms with Crippen LogP contribution in [0.25, 0.3) is 0 Å². The second-order valence-corrected chi connectivity index (χ2v) is 5.19. The van der Waals surface area contributed by atoms with Gasteiger partial charge in [-0.05, 0) is 25.7 Å². The Balaban J connectivity index is 2.25. The van der Waals surface area contributed by atoms with Gasteiger partial charge in [-0.3, -0.25) is 9.69 Å². The maximum absolute atomic E-state index is 11.8. The van der Waals surface area contributed by atoms with Gasteiger partial charge in [-0.2, -0.15) is 0 Å². The van der Waals surface area contributed by atoms with Crippen LogP contribution in [0, 0.1) is 5.92 Å². The fourth-order valence-electron chi connectivity index (χ4n) is 1.96. The number of carbonyl (C=O) groups is 1. The fourth-order valence-corrected chi connectivity index (χ4v) is 1.96. The average molecular weight is 227 g/mol. The predicted octanol–water partition coefficient (Wildman–Crippen LogP) is 0.570. The molecular weight excluding hydrogens is 202 g/mol. The van der Waals surface area contributed by atoms with E-state index in [1.807, 2.05) is 6.92 Å². The highest BCUT2D eigenvalue weighted by Gasteiger charge is 2.27. The third-order valence-corrected chi connectivity index (χ3v) is 3.20. The molecule has 1 amide bonds. The number of hydrogen-bond acceptors (Lipinski definition) is 3. The van der Waals surface area contributed by atoms with E-state index in [0.717, 1.165) is 32.5 Å². The van der Waals surface area contributed by atoms with E-state index in [2.05, 4.69) is 24.1 Å². The van der Waals surface area contributed by atoms with E-state index in [1.54, 1.807) is 0 Å². The minimum absolute atomic E-state index is 0.0410. The minimum atomic E-state index is -0.0410. The largest absolute Gasteiger partial charge is 0.355 e. The van der Waals surface area contributed by atoms with Gasteiger partial charge in [0.15, 0.2) is 0 Å². The van der Waals surface area contributed by atoms with Crippen LogP contribution in [-0.4, -0.2) is 42.5 Å². The van der Waals surface area contributed by atoms with Gasteiger partial charge < -0.3 is 11.1 Å². The maximum atomic E-state index is 11.8. The molecule has 1 aliphatic heterocycles. The Bertz CT molecular complexity index is 230. The molecule has 0 radical (unpaired) electrons. The molecule has 4 nitrogen and oxygen atoms in total. The van der Waals surface area contributed by atoms with Gasteiger partial charge >= 0.3 is 0 Å². The summed E-state index contributed by atoms with van der Waals surface area (Å²) in [5, 5.41) is 2.98. The normalized spacial score (nSPS) is 23.7. The minimum Gasteiger partial charge on any atom is -0.355 e. The van der Waals surface area contributed by atoms with Gasteiger partial charge in [-0.1, -0.05) is 13.8 Å². The van der Waals surface area contributed by atoms with Gasteiger partial charge in [0.05, 0.1) is 6.04 Å². The molecule has 0 aliphatic carbocycles. The smallest absolute Gasteiger partial charge is 0.237 e. The Morgan fingerprint density at radius 3 is 2.69 bits per heavy atom. The molecule has 1 saturated heterocycles. The molecule has 1 aliphatic rings. The third-order valence-electron chi connectivity index (χ3n) is 3.20. The third kappa shape index (κ3) is 4.10. The lowest BCUT2D eigenvalue weighted by atomic mass is 10.1. The molecule has 0 aromatic rings. The van der Waals surface area contributed by atoms with Crippen LogP contribution in [0.2, 0.25) is 0 Å². The van der Waals surface area contributed by atoms with Gasteiger partial charge in [0.2, 0.25) is 5.91 Å². The summed E-state index contributed by atoms with van der Waals surface area (Å²) < 4.78 is 0. The Morgan fingerprint density at radius 2 is 2.19 bits per heavy atom. The fraction of sp³-hybridized carbons (Fsp3) is 0.917. The number of nitrogens with one attached hydrogen (secondary N) is 1. The average Bonchev–Trinajstić information content (AvgIpc) is 2.63. The van der Waals surface area contributed by atoms with Gasteiger partial charge in [-0.15, -0.1) is 0 Å². The molecule has 16 heavy (non-hydrogen) atoms. The van der Waals surface area contributed by atoms with Crippen LogP contribution in [0.4, 0.5) is 0 Å². The number of nitrogens with two attached hydrogens (primary N) is 1. The van der Waals surface area contributed by atoms with Gasteiger partial charge in [0.25, 0.3) is 0 Å². The zero-order valence-corrected chi connectivity index (χ0v) is 10.7. The Morgan fingerprint density at radius 1 is 1.50 bits per heavy atom. The van der Waals surface area contributed by atoms with Crippen molar-refractivity contribution in [2.24, 2.45) is 11.7 Å². The highest BCUT2D eigenvalue weighted by Crippen LogP contribution is 2.11. The summed E-state index contributed by atoms with van der Waals surface area (Å²) >= 11 is 0. The first-order valence-electron chi connectivity index (χ1n) is 6.28. The predicted molar refractivity (Wildman–Crippen MR) is 66.1 cm³/mol. The highest BCUT2D eigenvalue weighted by molar-refractivity contribution is 5.81. The first kappa shape index (κ1) is 13.5. The maximum Gasteiger partial charge on any atom is 0.237 e. The number of carbonyl (C=O) groups excluding carboxylic acids is 1. The second kappa shape index (κ2) is 6.21.